The Morgan fingerprint density at radius 1 is 1.14 bits per heavy atom. The van der Waals surface area contributed by atoms with E-state index < -0.39 is 0 Å². The summed E-state index contributed by atoms with van der Waals surface area (Å²) in [5.41, 5.74) is 5.59. The lowest BCUT2D eigenvalue weighted by atomic mass is 10.1. The lowest BCUT2D eigenvalue weighted by molar-refractivity contribution is 0.249. The van der Waals surface area contributed by atoms with Crippen molar-refractivity contribution in [3.05, 3.63) is 64.5 Å². The van der Waals surface area contributed by atoms with Gasteiger partial charge in [-0.3, -0.25) is 19.1 Å². The Bertz CT molecular complexity index is 1220. The Balaban J connectivity index is 1.27. The highest BCUT2D eigenvalue weighted by atomic mass is 16.1. The van der Waals surface area contributed by atoms with Crippen LogP contribution in [0.5, 0.6) is 0 Å². The highest BCUT2D eigenvalue weighted by molar-refractivity contribution is 5.74. The molecule has 5 rings (SSSR count). The number of hydrogen-bond acceptors (Lipinski definition) is 6. The highest BCUT2D eigenvalue weighted by Crippen LogP contribution is 2.19. The standard InChI is InChI=1S/C21H23N7O/c1-2-16-10-18-19(24-21(16)29)9-15(12-22-18)13-26-5-7-27(8-6-26)17-3-4-28-14-23-25-20(28)11-17/h3-4,9-12,14H,2,5-8,13H2,1H3,(H,24,29). The fourth-order valence-electron chi connectivity index (χ4n) is 3.94. The lowest BCUT2D eigenvalue weighted by Gasteiger charge is -2.36. The molecule has 1 saturated heterocycles. The average Bonchev–Trinajstić information content (AvgIpc) is 3.21. The Kier molecular flexibility index (Phi) is 4.48. The van der Waals surface area contributed by atoms with Gasteiger partial charge in [0.05, 0.1) is 11.0 Å². The zero-order valence-corrected chi connectivity index (χ0v) is 16.4. The first kappa shape index (κ1) is 17.8. The minimum absolute atomic E-state index is 0.0165. The monoisotopic (exact) mass is 389 g/mol. The third kappa shape index (κ3) is 3.47. The maximum atomic E-state index is 12.1. The average molecular weight is 389 g/mol. The molecule has 0 unspecified atom stereocenters. The molecule has 0 spiro atoms. The molecule has 0 saturated carbocycles. The van der Waals surface area contributed by atoms with Crippen molar-refractivity contribution in [1.82, 2.24) is 29.5 Å². The van der Waals surface area contributed by atoms with E-state index in [1.165, 1.54) is 5.69 Å². The largest absolute Gasteiger partial charge is 0.369 e. The fourth-order valence-corrected chi connectivity index (χ4v) is 3.94. The number of nitrogens with zero attached hydrogens (tertiary/aromatic N) is 6. The van der Waals surface area contributed by atoms with Crippen molar-refractivity contribution in [1.29, 1.82) is 0 Å². The van der Waals surface area contributed by atoms with E-state index in [0.29, 0.717) is 6.42 Å². The molecule has 0 amide bonds. The summed E-state index contributed by atoms with van der Waals surface area (Å²) in [7, 11) is 0. The van der Waals surface area contributed by atoms with Crippen LogP contribution >= 0.6 is 0 Å². The molecule has 1 aliphatic rings. The SMILES string of the molecule is CCc1cc2ncc(CN3CCN(c4ccn5cnnc5c4)CC3)cc2[nH]c1=O. The summed E-state index contributed by atoms with van der Waals surface area (Å²) in [6.07, 6.45) is 6.35. The maximum absolute atomic E-state index is 12.1. The van der Waals surface area contributed by atoms with Crippen LogP contribution in [0.3, 0.4) is 0 Å². The Labute approximate surface area is 167 Å². The van der Waals surface area contributed by atoms with Gasteiger partial charge in [0.25, 0.3) is 5.56 Å². The van der Waals surface area contributed by atoms with Gasteiger partial charge in [0.1, 0.15) is 6.33 Å². The van der Waals surface area contributed by atoms with Gasteiger partial charge in [-0.25, -0.2) is 0 Å². The number of aromatic nitrogens is 5. The van der Waals surface area contributed by atoms with Gasteiger partial charge in [-0.2, -0.15) is 0 Å². The summed E-state index contributed by atoms with van der Waals surface area (Å²) < 4.78 is 1.92. The number of piperazine rings is 1. The second-order valence-electron chi connectivity index (χ2n) is 7.50. The van der Waals surface area contributed by atoms with Gasteiger partial charge in [0.15, 0.2) is 5.65 Å². The van der Waals surface area contributed by atoms with Gasteiger partial charge >= 0.3 is 0 Å². The molecule has 29 heavy (non-hydrogen) atoms. The minimum Gasteiger partial charge on any atom is -0.369 e. The third-order valence-corrected chi connectivity index (χ3v) is 5.63. The van der Waals surface area contributed by atoms with E-state index in [4.69, 9.17) is 0 Å². The number of anilines is 1. The number of rotatable bonds is 4. The Morgan fingerprint density at radius 2 is 2.00 bits per heavy atom. The van der Waals surface area contributed by atoms with Crippen LogP contribution in [0.25, 0.3) is 16.7 Å². The highest BCUT2D eigenvalue weighted by Gasteiger charge is 2.18. The number of hydrogen-bond donors (Lipinski definition) is 1. The smallest absolute Gasteiger partial charge is 0.251 e. The molecule has 8 heteroatoms. The van der Waals surface area contributed by atoms with Crippen LogP contribution in [0, 0.1) is 0 Å². The molecule has 5 heterocycles. The minimum atomic E-state index is -0.0165. The van der Waals surface area contributed by atoms with Crippen LogP contribution in [0.15, 0.2) is 47.8 Å². The van der Waals surface area contributed by atoms with Crippen molar-refractivity contribution in [3.63, 3.8) is 0 Å². The second kappa shape index (κ2) is 7.29. The van der Waals surface area contributed by atoms with Gasteiger partial charge in [0.2, 0.25) is 0 Å². The van der Waals surface area contributed by atoms with Crippen molar-refractivity contribution in [2.45, 2.75) is 19.9 Å². The first-order chi connectivity index (χ1) is 14.2. The maximum Gasteiger partial charge on any atom is 0.251 e. The van der Waals surface area contributed by atoms with E-state index in [1.54, 1.807) is 6.33 Å². The summed E-state index contributed by atoms with van der Waals surface area (Å²) >= 11 is 0. The number of pyridine rings is 3. The van der Waals surface area contributed by atoms with Gasteiger partial charge in [-0.05, 0) is 30.2 Å². The van der Waals surface area contributed by atoms with E-state index in [2.05, 4.69) is 48.2 Å². The van der Waals surface area contributed by atoms with Crippen molar-refractivity contribution >= 4 is 22.4 Å². The van der Waals surface area contributed by atoms with Crippen molar-refractivity contribution < 1.29 is 0 Å². The van der Waals surface area contributed by atoms with Crippen LogP contribution in [0.2, 0.25) is 0 Å². The van der Waals surface area contributed by atoms with Gasteiger partial charge in [-0.15, -0.1) is 10.2 Å². The number of aryl methyl sites for hydroxylation is 1. The van der Waals surface area contributed by atoms with Crippen molar-refractivity contribution in [2.24, 2.45) is 0 Å². The molecule has 0 aromatic carbocycles. The third-order valence-electron chi connectivity index (χ3n) is 5.63. The van der Waals surface area contributed by atoms with Gasteiger partial charge in [0, 0.05) is 62.4 Å². The van der Waals surface area contributed by atoms with E-state index >= 15 is 0 Å². The molecule has 4 aromatic heterocycles. The molecule has 148 valence electrons. The van der Waals surface area contributed by atoms with Crippen LogP contribution in [-0.2, 0) is 13.0 Å². The molecule has 1 fully saturated rings. The predicted molar refractivity (Wildman–Crippen MR) is 112 cm³/mol. The Hall–Kier alpha value is -3.26. The number of nitrogens with one attached hydrogen (secondary N) is 1. The number of H-pyrrole nitrogens is 1. The Morgan fingerprint density at radius 3 is 2.83 bits per heavy atom. The normalized spacial score (nSPS) is 15.4. The molecule has 0 aliphatic carbocycles. The molecule has 1 N–H and O–H groups in total. The molecule has 0 bridgehead atoms. The van der Waals surface area contributed by atoms with Crippen LogP contribution in [-0.4, -0.2) is 55.6 Å². The zero-order valence-electron chi connectivity index (χ0n) is 16.4. The second-order valence-corrected chi connectivity index (χ2v) is 7.50. The molecule has 0 atom stereocenters. The van der Waals surface area contributed by atoms with Crippen molar-refractivity contribution in [2.75, 3.05) is 31.1 Å². The molecular weight excluding hydrogens is 366 g/mol. The summed E-state index contributed by atoms with van der Waals surface area (Å²) in [5, 5.41) is 8.07. The lowest BCUT2D eigenvalue weighted by Crippen LogP contribution is -2.46. The summed E-state index contributed by atoms with van der Waals surface area (Å²) in [6, 6.07) is 8.13. The van der Waals surface area contributed by atoms with E-state index in [1.807, 2.05) is 29.8 Å². The summed E-state index contributed by atoms with van der Waals surface area (Å²) in [4.78, 5) is 24.4. The molecule has 0 radical (unpaired) electrons. The topological polar surface area (TPSA) is 82.4 Å². The van der Waals surface area contributed by atoms with E-state index in [0.717, 1.165) is 60.5 Å². The fraction of sp³-hybridized carbons (Fsp3) is 0.333. The number of aromatic amines is 1. The molecule has 8 nitrogen and oxygen atoms in total. The van der Waals surface area contributed by atoms with Gasteiger partial charge < -0.3 is 9.88 Å². The first-order valence-electron chi connectivity index (χ1n) is 9.97. The zero-order chi connectivity index (χ0) is 19.8. The van der Waals surface area contributed by atoms with E-state index in [9.17, 15) is 4.79 Å². The quantitative estimate of drug-likeness (QED) is 0.574. The molecule has 1 aliphatic heterocycles. The molecular formula is C21H23N7O. The van der Waals surface area contributed by atoms with Gasteiger partial charge in [-0.1, -0.05) is 6.92 Å². The molecule has 4 aromatic rings. The van der Waals surface area contributed by atoms with E-state index in [-0.39, 0.29) is 5.56 Å². The van der Waals surface area contributed by atoms with Crippen molar-refractivity contribution in [3.8, 4) is 0 Å². The first-order valence-corrected chi connectivity index (χ1v) is 9.97. The predicted octanol–water partition coefficient (Wildman–Crippen LogP) is 1.85. The number of fused-ring (bicyclic) bond motifs is 2. The van der Waals surface area contributed by atoms with Crippen LogP contribution < -0.4 is 10.5 Å². The summed E-state index contributed by atoms with van der Waals surface area (Å²) in [5.74, 6) is 0. The van der Waals surface area contributed by atoms with Crippen LogP contribution in [0.1, 0.15) is 18.1 Å². The summed E-state index contributed by atoms with van der Waals surface area (Å²) in [6.45, 7) is 6.68. The van der Waals surface area contributed by atoms with Crippen LogP contribution in [0.4, 0.5) is 5.69 Å².